The second kappa shape index (κ2) is 10.3. The van der Waals surface area contributed by atoms with E-state index in [9.17, 15) is 5.11 Å². The van der Waals surface area contributed by atoms with Crippen molar-refractivity contribution in [3.8, 4) is 17.6 Å². The number of hydrogen-bond donors (Lipinski definition) is 0. The maximum atomic E-state index is 11.2. The molecule has 4 nitrogen and oxygen atoms in total. The minimum absolute atomic E-state index is 0.381. The monoisotopic (exact) mass is 443 g/mol. The molecular formula is C28H38BN3O. The predicted molar refractivity (Wildman–Crippen MR) is 139 cm³/mol. The zero-order valence-electron chi connectivity index (χ0n) is 21.7. The molecule has 0 aliphatic heterocycles. The molecule has 3 aromatic rings. The highest BCUT2D eigenvalue weighted by Crippen LogP contribution is 2.31. The van der Waals surface area contributed by atoms with Gasteiger partial charge in [0.05, 0.1) is 0 Å². The van der Waals surface area contributed by atoms with Gasteiger partial charge in [0.2, 0.25) is 0 Å². The third-order valence-electron chi connectivity index (χ3n) is 6.63. The fourth-order valence-electron chi connectivity index (χ4n) is 4.88. The second-order valence-corrected chi connectivity index (χ2v) is 10.3. The van der Waals surface area contributed by atoms with Gasteiger partial charge in [0.25, 0.3) is 0 Å². The summed E-state index contributed by atoms with van der Waals surface area (Å²) in [6.45, 7) is 17.9. The van der Waals surface area contributed by atoms with Crippen LogP contribution in [0.15, 0.2) is 48.8 Å². The van der Waals surface area contributed by atoms with Crippen molar-refractivity contribution in [2.75, 3.05) is 0 Å². The molecule has 2 aromatic carbocycles. The lowest BCUT2D eigenvalue weighted by Crippen LogP contribution is -2.52. The van der Waals surface area contributed by atoms with Crippen LogP contribution in [0, 0.1) is 6.26 Å². The van der Waals surface area contributed by atoms with E-state index in [4.69, 9.17) is 0 Å². The lowest BCUT2D eigenvalue weighted by atomic mass is 9.88. The smallest absolute Gasteiger partial charge is 0.481 e. The van der Waals surface area contributed by atoms with Crippen LogP contribution < -0.4 is 15.4 Å². The Hall–Kier alpha value is -3.00. The molecule has 0 amide bonds. The normalized spacial score (nSPS) is 11.5. The Balaban J connectivity index is 2.42. The van der Waals surface area contributed by atoms with E-state index in [2.05, 4.69) is 118 Å². The Kier molecular flexibility index (Phi) is 7.69. The topological polar surface area (TPSA) is 36.2 Å². The summed E-state index contributed by atoms with van der Waals surface area (Å²) < 4.78 is 8.76. The van der Waals surface area contributed by atoms with Crippen molar-refractivity contribution in [1.82, 2.24) is 4.57 Å². The van der Waals surface area contributed by atoms with E-state index in [0.717, 1.165) is 5.72 Å². The largest absolute Gasteiger partial charge is 0.780 e. The number of nitrogens with zero attached hydrogens (tertiary/aromatic N) is 3. The zero-order valence-corrected chi connectivity index (χ0v) is 21.7. The molecule has 0 spiro atoms. The summed E-state index contributed by atoms with van der Waals surface area (Å²) in [4.78, 5) is 0. The highest BCUT2D eigenvalue weighted by molar-refractivity contribution is 6.54. The highest BCUT2D eigenvalue weighted by Gasteiger charge is 2.29. The Morgan fingerprint density at radius 3 is 1.67 bits per heavy atom. The molecule has 0 aliphatic rings. The lowest BCUT2D eigenvalue weighted by Gasteiger charge is -2.20. The van der Waals surface area contributed by atoms with Crippen molar-refractivity contribution in [3.63, 3.8) is 0 Å². The van der Waals surface area contributed by atoms with E-state index in [-0.39, 0.29) is 0 Å². The van der Waals surface area contributed by atoms with E-state index in [0.29, 0.717) is 23.7 Å². The van der Waals surface area contributed by atoms with Crippen molar-refractivity contribution >= 4 is 13.1 Å². The van der Waals surface area contributed by atoms with E-state index < -0.39 is 7.41 Å². The van der Waals surface area contributed by atoms with Gasteiger partial charge in [0, 0.05) is 22.3 Å². The maximum absolute atomic E-state index is 11.2. The third-order valence-corrected chi connectivity index (χ3v) is 6.63. The summed E-state index contributed by atoms with van der Waals surface area (Å²) in [5, 5.41) is 11.2. The standard InChI is InChI=1S/C28H38BN3O/c1-18(2)22-11-9-12-23(19(3)4)26(22)31-15-16-32(28(31)29-30-17-33)27-24(20(5)6)13-10-14-25(27)21(7)8/h9-16,18-21H,29H2,1-8H3. The Labute approximate surface area is 200 Å². The Morgan fingerprint density at radius 2 is 1.24 bits per heavy atom. The third kappa shape index (κ3) is 4.86. The number of imidazole rings is 1. The molecule has 0 N–H and O–H groups in total. The van der Waals surface area contributed by atoms with E-state index in [1.165, 1.54) is 33.6 Å². The van der Waals surface area contributed by atoms with Gasteiger partial charge in [-0.25, -0.2) is 9.13 Å². The van der Waals surface area contributed by atoms with Crippen LogP contribution >= 0.6 is 0 Å². The second-order valence-electron chi connectivity index (χ2n) is 10.3. The van der Waals surface area contributed by atoms with E-state index >= 15 is 0 Å². The van der Waals surface area contributed by atoms with Crippen molar-refractivity contribution in [1.29, 1.82) is 0 Å². The van der Waals surface area contributed by atoms with Gasteiger partial charge in [-0.1, -0.05) is 91.8 Å². The van der Waals surface area contributed by atoms with Crippen molar-refractivity contribution < 1.29 is 9.67 Å². The van der Waals surface area contributed by atoms with Gasteiger partial charge in [0.15, 0.2) is 12.0 Å². The number of para-hydroxylation sites is 2. The first-order valence-electron chi connectivity index (χ1n) is 12.4. The maximum Gasteiger partial charge on any atom is 0.481 e. The van der Waals surface area contributed by atoms with Crippen molar-refractivity contribution in [2.24, 2.45) is 0 Å². The number of aromatic nitrogens is 2. The van der Waals surface area contributed by atoms with Crippen LogP contribution in [0.5, 0.6) is 0 Å². The van der Waals surface area contributed by atoms with Crippen LogP contribution in [-0.2, 0) is 0 Å². The fourth-order valence-corrected chi connectivity index (χ4v) is 4.88. The first kappa shape index (κ1) is 24.6. The van der Waals surface area contributed by atoms with Crippen LogP contribution in [0.25, 0.3) is 16.1 Å². The quantitative estimate of drug-likeness (QED) is 0.299. The summed E-state index contributed by atoms with van der Waals surface area (Å²) in [7, 11) is -1.10. The van der Waals surface area contributed by atoms with Gasteiger partial charge in [-0.3, -0.25) is 0 Å². The Morgan fingerprint density at radius 1 is 0.788 bits per heavy atom. The summed E-state index contributed by atoms with van der Waals surface area (Å²) in [5.41, 5.74) is 8.80. The summed E-state index contributed by atoms with van der Waals surface area (Å²) in [6, 6.07) is 13.2. The molecule has 1 aromatic heterocycles. The van der Waals surface area contributed by atoms with Crippen molar-refractivity contribution in [3.05, 3.63) is 75.8 Å². The summed E-state index contributed by atoms with van der Waals surface area (Å²) in [6.07, 6.45) is 6.14. The van der Waals surface area contributed by atoms with Gasteiger partial charge < -0.3 is 9.86 Å². The fraction of sp³-hybridized carbons (Fsp3) is 0.429. The van der Waals surface area contributed by atoms with Gasteiger partial charge in [-0.15, -0.1) is 0 Å². The molecular weight excluding hydrogens is 405 g/mol. The first-order valence-corrected chi connectivity index (χ1v) is 12.4. The molecule has 5 heteroatoms. The molecule has 3 rings (SSSR count). The zero-order chi connectivity index (χ0) is 24.3. The number of benzene rings is 2. The Bertz CT molecular complexity index is 1050. The van der Waals surface area contributed by atoms with Crippen LogP contribution in [0.1, 0.15) is 101 Å². The minimum atomic E-state index is -1.10. The van der Waals surface area contributed by atoms with Crippen LogP contribution in [0.2, 0.25) is 0 Å². The molecule has 174 valence electrons. The molecule has 0 unspecified atom stereocenters. The predicted octanol–water partition coefficient (Wildman–Crippen LogP) is 4.61. The van der Waals surface area contributed by atoms with Gasteiger partial charge in [-0.2, -0.15) is 0 Å². The van der Waals surface area contributed by atoms with Crippen LogP contribution in [0.3, 0.4) is 0 Å². The molecule has 0 saturated carbocycles. The van der Waals surface area contributed by atoms with Gasteiger partial charge in [-0.05, 0) is 23.7 Å². The molecule has 0 radical (unpaired) electrons. The highest BCUT2D eigenvalue weighted by atomic mass is 16.2. The summed E-state index contributed by atoms with van der Waals surface area (Å²) in [5.74, 6) is 1.52. The van der Waals surface area contributed by atoms with Gasteiger partial charge in [0.1, 0.15) is 23.8 Å². The molecule has 0 atom stereocenters. The molecule has 33 heavy (non-hydrogen) atoms. The minimum Gasteiger partial charge on any atom is -0.780 e. The molecule has 0 fully saturated rings. The first-order chi connectivity index (χ1) is 15.7. The number of hydrogen-bond acceptors (Lipinski definition) is 1. The summed E-state index contributed by atoms with van der Waals surface area (Å²) >= 11 is 0. The van der Waals surface area contributed by atoms with Crippen LogP contribution in [0.4, 0.5) is 0 Å². The SMILES string of the molecule is CC(C)c1cccc(C(C)C)c1-n1cc[n+](-c2c(C(C)C)cccc2C(C)C)c1[BH2-][N+]#C[O-]. The lowest BCUT2D eigenvalue weighted by molar-refractivity contribution is -0.576. The van der Waals surface area contributed by atoms with Crippen LogP contribution in [-0.4, -0.2) is 12.0 Å². The van der Waals surface area contributed by atoms with E-state index in [1.807, 2.05) is 6.26 Å². The van der Waals surface area contributed by atoms with Gasteiger partial charge >= 0.3 is 7.41 Å². The average molecular weight is 443 g/mol. The average Bonchev–Trinajstić information content (AvgIpc) is 3.19. The molecule has 0 bridgehead atoms. The molecule has 0 aliphatic carbocycles. The molecule has 1 heterocycles. The van der Waals surface area contributed by atoms with Crippen molar-refractivity contribution in [2.45, 2.75) is 79.1 Å². The molecule has 0 saturated heterocycles. The number of rotatable bonds is 7. The van der Waals surface area contributed by atoms with E-state index in [1.54, 1.807) is 0 Å².